The lowest BCUT2D eigenvalue weighted by Gasteiger charge is -2.02. The van der Waals surface area contributed by atoms with E-state index in [4.69, 9.17) is 0 Å². The highest BCUT2D eigenvalue weighted by molar-refractivity contribution is 6.05. The number of rotatable bonds is 2. The van der Waals surface area contributed by atoms with Gasteiger partial charge < -0.3 is 4.98 Å². The van der Waals surface area contributed by atoms with Crippen molar-refractivity contribution in [3.63, 3.8) is 0 Å². The van der Waals surface area contributed by atoms with Crippen LogP contribution in [0.5, 0.6) is 0 Å². The number of carbonyl (C=O) groups excluding carboxylic acids is 1. The number of aromatic amines is 1. The van der Waals surface area contributed by atoms with Gasteiger partial charge in [-0.2, -0.15) is 0 Å². The lowest BCUT2D eigenvalue weighted by molar-refractivity contribution is 0.112. The number of nitrogens with one attached hydrogen (secondary N) is 1. The summed E-state index contributed by atoms with van der Waals surface area (Å²) >= 11 is 0. The highest BCUT2D eigenvalue weighted by atomic mass is 19.2. The largest absolute Gasteiger partial charge is 0.354 e. The summed E-state index contributed by atoms with van der Waals surface area (Å²) < 4.78 is 27.3. The number of H-pyrrole nitrogens is 1. The summed E-state index contributed by atoms with van der Waals surface area (Å²) in [5, 5.41) is 0.707. The fourth-order valence-corrected chi connectivity index (χ4v) is 2.42. The van der Waals surface area contributed by atoms with Crippen LogP contribution in [0.3, 0.4) is 0 Å². The number of benzene rings is 2. The van der Waals surface area contributed by atoms with Crippen molar-refractivity contribution in [1.82, 2.24) is 4.98 Å². The number of hydrogen-bond donors (Lipinski definition) is 1. The maximum absolute atomic E-state index is 13.9. The molecule has 1 aromatic heterocycles. The normalized spacial score (nSPS) is 10.9. The van der Waals surface area contributed by atoms with E-state index in [-0.39, 0.29) is 5.56 Å². The molecule has 0 fully saturated rings. The predicted molar refractivity (Wildman–Crippen MR) is 73.8 cm³/mol. The molecule has 4 heteroatoms. The molecule has 0 saturated carbocycles. The van der Waals surface area contributed by atoms with Gasteiger partial charge in [0.05, 0.1) is 5.69 Å². The summed E-state index contributed by atoms with van der Waals surface area (Å²) in [6, 6.07) is 9.41. The second-order valence-corrected chi connectivity index (χ2v) is 4.63. The molecule has 1 heterocycles. The van der Waals surface area contributed by atoms with Gasteiger partial charge in [-0.1, -0.05) is 24.3 Å². The monoisotopic (exact) mass is 271 g/mol. The molecule has 0 saturated heterocycles. The topological polar surface area (TPSA) is 32.9 Å². The average Bonchev–Trinajstić information content (AvgIpc) is 2.81. The van der Waals surface area contributed by atoms with Crippen molar-refractivity contribution in [2.45, 2.75) is 6.92 Å². The minimum Gasteiger partial charge on any atom is -0.354 e. The third-order valence-electron chi connectivity index (χ3n) is 3.42. The Labute approximate surface area is 114 Å². The van der Waals surface area contributed by atoms with Gasteiger partial charge in [0.2, 0.25) is 0 Å². The SMILES string of the molecule is Cc1cccc2c(C=O)c(-c3cccc(F)c3F)[nH]c12. The molecule has 100 valence electrons. The molecule has 0 amide bonds. The second-order valence-electron chi connectivity index (χ2n) is 4.63. The van der Waals surface area contributed by atoms with E-state index in [9.17, 15) is 13.6 Å². The number of aromatic nitrogens is 1. The highest BCUT2D eigenvalue weighted by Crippen LogP contribution is 2.32. The molecule has 2 nitrogen and oxygen atoms in total. The van der Waals surface area contributed by atoms with Crippen LogP contribution in [0.2, 0.25) is 0 Å². The van der Waals surface area contributed by atoms with Gasteiger partial charge in [-0.3, -0.25) is 4.79 Å². The number of aryl methyl sites for hydroxylation is 1. The predicted octanol–water partition coefficient (Wildman–Crippen LogP) is 4.23. The molecule has 0 radical (unpaired) electrons. The van der Waals surface area contributed by atoms with Crippen molar-refractivity contribution in [1.29, 1.82) is 0 Å². The lowest BCUT2D eigenvalue weighted by atomic mass is 10.0. The molecule has 1 N–H and O–H groups in total. The Kier molecular flexibility index (Phi) is 2.86. The molecule has 0 atom stereocenters. The van der Waals surface area contributed by atoms with Crippen LogP contribution in [0.1, 0.15) is 15.9 Å². The van der Waals surface area contributed by atoms with Crippen molar-refractivity contribution in [2.75, 3.05) is 0 Å². The molecule has 20 heavy (non-hydrogen) atoms. The number of para-hydroxylation sites is 1. The third-order valence-corrected chi connectivity index (χ3v) is 3.42. The molecule has 3 aromatic rings. The molecule has 3 rings (SSSR count). The van der Waals surface area contributed by atoms with E-state index in [2.05, 4.69) is 4.98 Å². The number of hydrogen-bond acceptors (Lipinski definition) is 1. The first-order valence-electron chi connectivity index (χ1n) is 6.14. The molecule has 0 unspecified atom stereocenters. The van der Waals surface area contributed by atoms with Crippen molar-refractivity contribution in [3.05, 3.63) is 59.2 Å². The van der Waals surface area contributed by atoms with E-state index < -0.39 is 11.6 Å². The first-order valence-corrected chi connectivity index (χ1v) is 6.14. The minimum atomic E-state index is -0.959. The number of aldehydes is 1. The second kappa shape index (κ2) is 4.56. The van der Waals surface area contributed by atoms with Gasteiger partial charge in [0.25, 0.3) is 0 Å². The van der Waals surface area contributed by atoms with Crippen LogP contribution in [-0.2, 0) is 0 Å². The Balaban J connectivity index is 2.39. The maximum Gasteiger partial charge on any atom is 0.168 e. The smallest absolute Gasteiger partial charge is 0.168 e. The Hall–Kier alpha value is -2.49. The molecule has 0 aliphatic carbocycles. The van der Waals surface area contributed by atoms with Crippen LogP contribution < -0.4 is 0 Å². The molecule has 2 aromatic carbocycles. The third kappa shape index (κ3) is 1.72. The zero-order valence-electron chi connectivity index (χ0n) is 10.7. The van der Waals surface area contributed by atoms with E-state index in [1.807, 2.05) is 19.1 Å². The van der Waals surface area contributed by atoms with Gasteiger partial charge in [0.1, 0.15) is 0 Å². The summed E-state index contributed by atoms with van der Waals surface area (Å²) in [6.07, 6.45) is 0.665. The summed E-state index contributed by atoms with van der Waals surface area (Å²) in [5.41, 5.74) is 2.40. The fraction of sp³-hybridized carbons (Fsp3) is 0.0625. The van der Waals surface area contributed by atoms with E-state index in [0.29, 0.717) is 22.9 Å². The Morgan fingerprint density at radius 2 is 1.85 bits per heavy atom. The van der Waals surface area contributed by atoms with Crippen LogP contribution in [0.15, 0.2) is 36.4 Å². The summed E-state index contributed by atoms with van der Waals surface area (Å²) in [6.45, 7) is 1.89. The van der Waals surface area contributed by atoms with Crippen LogP contribution in [0, 0.1) is 18.6 Å². The molecule has 0 bridgehead atoms. The van der Waals surface area contributed by atoms with E-state index in [1.165, 1.54) is 12.1 Å². The molecular weight excluding hydrogens is 260 g/mol. The number of carbonyl (C=O) groups is 1. The molecule has 0 aliphatic heterocycles. The molecule has 0 aliphatic rings. The van der Waals surface area contributed by atoms with Gasteiger partial charge in [0, 0.05) is 22.0 Å². The van der Waals surface area contributed by atoms with Gasteiger partial charge in [0.15, 0.2) is 17.9 Å². The first-order chi connectivity index (χ1) is 9.63. The van der Waals surface area contributed by atoms with Crippen LogP contribution in [0.4, 0.5) is 8.78 Å². The first kappa shape index (κ1) is 12.5. The summed E-state index contributed by atoms with van der Waals surface area (Å²) in [5.74, 6) is -1.89. The molecule has 0 spiro atoms. The van der Waals surface area contributed by atoms with Crippen molar-refractivity contribution in [2.24, 2.45) is 0 Å². The fourth-order valence-electron chi connectivity index (χ4n) is 2.42. The van der Waals surface area contributed by atoms with Gasteiger partial charge >= 0.3 is 0 Å². The van der Waals surface area contributed by atoms with E-state index in [0.717, 1.165) is 17.1 Å². The lowest BCUT2D eigenvalue weighted by Crippen LogP contribution is -1.92. The number of halogens is 2. The van der Waals surface area contributed by atoms with Crippen molar-refractivity contribution in [3.8, 4) is 11.3 Å². The van der Waals surface area contributed by atoms with E-state index >= 15 is 0 Å². The molecular formula is C16H11F2NO. The van der Waals surface area contributed by atoms with E-state index in [1.54, 1.807) is 6.07 Å². The van der Waals surface area contributed by atoms with Gasteiger partial charge in [-0.05, 0) is 24.6 Å². The Morgan fingerprint density at radius 1 is 1.10 bits per heavy atom. The van der Waals surface area contributed by atoms with Crippen molar-refractivity contribution >= 4 is 17.2 Å². The average molecular weight is 271 g/mol. The van der Waals surface area contributed by atoms with Gasteiger partial charge in [-0.25, -0.2) is 8.78 Å². The quantitative estimate of drug-likeness (QED) is 0.695. The maximum atomic E-state index is 13.9. The van der Waals surface area contributed by atoms with Crippen molar-refractivity contribution < 1.29 is 13.6 Å². The highest BCUT2D eigenvalue weighted by Gasteiger charge is 2.18. The van der Waals surface area contributed by atoms with Crippen LogP contribution in [-0.4, -0.2) is 11.3 Å². The Bertz CT molecular complexity index is 821. The zero-order chi connectivity index (χ0) is 14.3. The summed E-state index contributed by atoms with van der Waals surface area (Å²) in [7, 11) is 0. The van der Waals surface area contributed by atoms with Gasteiger partial charge in [-0.15, -0.1) is 0 Å². The minimum absolute atomic E-state index is 0.0581. The Morgan fingerprint density at radius 3 is 2.60 bits per heavy atom. The summed E-state index contributed by atoms with van der Waals surface area (Å²) in [4.78, 5) is 14.4. The van der Waals surface area contributed by atoms with Crippen LogP contribution in [0.25, 0.3) is 22.2 Å². The standard InChI is InChI=1S/C16H11F2NO/c1-9-4-2-5-10-12(8-20)16(19-15(9)10)11-6-3-7-13(17)14(11)18/h2-8,19H,1H3. The zero-order valence-corrected chi connectivity index (χ0v) is 10.7. The number of fused-ring (bicyclic) bond motifs is 1. The van der Waals surface area contributed by atoms with Crippen LogP contribution >= 0.6 is 0 Å².